The van der Waals surface area contributed by atoms with Crippen molar-refractivity contribution in [1.82, 2.24) is 9.88 Å². The minimum absolute atomic E-state index is 0. The summed E-state index contributed by atoms with van der Waals surface area (Å²) < 4.78 is 0. The van der Waals surface area contributed by atoms with Crippen molar-refractivity contribution in [3.8, 4) is 0 Å². The number of pyridine rings is 1. The van der Waals surface area contributed by atoms with Gasteiger partial charge in [0.1, 0.15) is 5.82 Å². The van der Waals surface area contributed by atoms with Crippen LogP contribution in [0.1, 0.15) is 53.0 Å². The highest BCUT2D eigenvalue weighted by Crippen LogP contribution is 2.31. The van der Waals surface area contributed by atoms with E-state index in [9.17, 15) is 4.79 Å². The van der Waals surface area contributed by atoms with Crippen LogP contribution < -0.4 is 9.80 Å². The zero-order valence-electron chi connectivity index (χ0n) is 22.2. The molecule has 2 saturated heterocycles. The van der Waals surface area contributed by atoms with E-state index < -0.39 is 0 Å². The minimum Gasteiger partial charge on any atom is -0.370 e. The van der Waals surface area contributed by atoms with Crippen molar-refractivity contribution in [3.05, 3.63) is 87.6 Å². The molecule has 5 nitrogen and oxygen atoms in total. The molecule has 2 aromatic carbocycles. The number of rotatable bonds is 5. The Morgan fingerprint density at radius 1 is 0.868 bits per heavy atom. The van der Waals surface area contributed by atoms with Crippen molar-refractivity contribution in [2.24, 2.45) is 5.92 Å². The number of piperazine rings is 1. The Morgan fingerprint density at radius 2 is 1.58 bits per heavy atom. The number of benzene rings is 2. The van der Waals surface area contributed by atoms with Gasteiger partial charge in [-0.3, -0.25) is 4.79 Å². The van der Waals surface area contributed by atoms with Crippen LogP contribution in [0, 0.1) is 26.7 Å². The number of carbonyl (C=O) groups is 1. The number of hydrogen-bond donors (Lipinski definition) is 0. The van der Waals surface area contributed by atoms with Gasteiger partial charge in [-0.05, 0) is 93.0 Å². The van der Waals surface area contributed by atoms with E-state index in [2.05, 4.69) is 59.0 Å². The number of aryl methyl sites for hydroxylation is 3. The van der Waals surface area contributed by atoms with Crippen LogP contribution in [-0.4, -0.2) is 55.1 Å². The molecular weight excluding hydrogens is 492 g/mol. The number of piperidine rings is 1. The lowest BCUT2D eigenvalue weighted by Gasteiger charge is -2.36. The van der Waals surface area contributed by atoms with Gasteiger partial charge in [0.15, 0.2) is 0 Å². The zero-order valence-corrected chi connectivity index (χ0v) is 23.0. The lowest BCUT2D eigenvalue weighted by Crippen LogP contribution is -2.49. The summed E-state index contributed by atoms with van der Waals surface area (Å²) in [6.45, 7) is 11.4. The van der Waals surface area contributed by atoms with Gasteiger partial charge in [-0.1, -0.05) is 43.3 Å². The fourth-order valence-corrected chi connectivity index (χ4v) is 6.01. The van der Waals surface area contributed by atoms with Crippen LogP contribution in [0.4, 0.5) is 11.5 Å². The first-order valence-electron chi connectivity index (χ1n) is 13.5. The van der Waals surface area contributed by atoms with Crippen LogP contribution in [0.25, 0.3) is 0 Å². The van der Waals surface area contributed by atoms with Crippen molar-refractivity contribution in [3.63, 3.8) is 0 Å². The van der Waals surface area contributed by atoms with Crippen molar-refractivity contribution in [2.75, 3.05) is 49.1 Å². The minimum atomic E-state index is 0. The van der Waals surface area contributed by atoms with Crippen LogP contribution in [0.2, 0.25) is 5.02 Å². The first kappa shape index (κ1) is 28.0. The molecule has 0 aliphatic carbocycles. The molecule has 38 heavy (non-hydrogen) atoms. The third kappa shape index (κ3) is 6.15. The first-order chi connectivity index (χ1) is 17.9. The van der Waals surface area contributed by atoms with Crippen LogP contribution in [0.15, 0.2) is 54.6 Å². The molecule has 0 N–H and O–H groups in total. The second-order valence-electron chi connectivity index (χ2n) is 10.6. The number of nitrogens with zero attached hydrogens (tertiary/aromatic N) is 4. The standard InChI is InChI=1S/C31H37ClN4O.CH4/c1-22-19-23(2)27(31(37)36-17-15-35(16-18-36)30-10-6-7-24(3)33-30)21-26(22)20-25-11-13-34(14-12-25)29-9-5-4-8-28(29)32;/h4-10,19,21,25H,11-18,20H2,1-3H3;1H4. The number of anilines is 2. The van der Waals surface area contributed by atoms with Crippen molar-refractivity contribution < 1.29 is 4.79 Å². The van der Waals surface area contributed by atoms with Crippen molar-refractivity contribution in [1.29, 1.82) is 0 Å². The van der Waals surface area contributed by atoms with Gasteiger partial charge in [0.25, 0.3) is 5.91 Å². The van der Waals surface area contributed by atoms with E-state index in [1.54, 1.807) is 0 Å². The second kappa shape index (κ2) is 12.2. The van der Waals surface area contributed by atoms with E-state index in [0.717, 1.165) is 91.9 Å². The maximum absolute atomic E-state index is 13.6. The molecule has 0 saturated carbocycles. The maximum Gasteiger partial charge on any atom is 0.254 e. The second-order valence-corrected chi connectivity index (χ2v) is 11.0. The Kier molecular flexibility index (Phi) is 8.99. The molecule has 3 aromatic rings. The monoisotopic (exact) mass is 532 g/mol. The van der Waals surface area contributed by atoms with E-state index in [0.29, 0.717) is 5.92 Å². The molecule has 1 aromatic heterocycles. The lowest BCUT2D eigenvalue weighted by molar-refractivity contribution is 0.0745. The van der Waals surface area contributed by atoms with Gasteiger partial charge in [-0.25, -0.2) is 4.98 Å². The SMILES string of the molecule is C.Cc1cccc(N2CCN(C(=O)c3cc(CC4CCN(c5ccccc5Cl)CC4)c(C)cc3C)CC2)n1. The highest BCUT2D eigenvalue weighted by atomic mass is 35.5. The normalized spacial score (nSPS) is 16.4. The van der Waals surface area contributed by atoms with E-state index >= 15 is 0 Å². The molecule has 0 bridgehead atoms. The molecule has 2 aliphatic heterocycles. The van der Waals surface area contributed by atoms with Gasteiger partial charge >= 0.3 is 0 Å². The summed E-state index contributed by atoms with van der Waals surface area (Å²) in [5, 5.41) is 0.828. The molecule has 2 fully saturated rings. The fourth-order valence-electron chi connectivity index (χ4n) is 5.76. The summed E-state index contributed by atoms with van der Waals surface area (Å²) >= 11 is 6.43. The summed E-state index contributed by atoms with van der Waals surface area (Å²) in [4.78, 5) is 24.9. The number of para-hydroxylation sites is 1. The number of carbonyl (C=O) groups excluding carboxylic acids is 1. The molecule has 5 rings (SSSR count). The van der Waals surface area contributed by atoms with Gasteiger partial charge in [-0.15, -0.1) is 0 Å². The van der Waals surface area contributed by atoms with E-state index in [1.807, 2.05) is 36.1 Å². The quantitative estimate of drug-likeness (QED) is 0.366. The summed E-state index contributed by atoms with van der Waals surface area (Å²) in [5.41, 5.74) is 6.69. The first-order valence-corrected chi connectivity index (χ1v) is 13.8. The van der Waals surface area contributed by atoms with Gasteiger partial charge < -0.3 is 14.7 Å². The predicted molar refractivity (Wildman–Crippen MR) is 160 cm³/mol. The van der Waals surface area contributed by atoms with Crippen LogP contribution >= 0.6 is 11.6 Å². The zero-order chi connectivity index (χ0) is 25.9. The van der Waals surface area contributed by atoms with Gasteiger partial charge in [0.2, 0.25) is 0 Å². The maximum atomic E-state index is 13.6. The van der Waals surface area contributed by atoms with E-state index in [-0.39, 0.29) is 13.3 Å². The molecule has 3 heterocycles. The van der Waals surface area contributed by atoms with Crippen LogP contribution in [0.5, 0.6) is 0 Å². The predicted octanol–water partition coefficient (Wildman–Crippen LogP) is 6.72. The van der Waals surface area contributed by atoms with Crippen LogP contribution in [-0.2, 0) is 6.42 Å². The Bertz CT molecular complexity index is 1260. The molecule has 2 aliphatic rings. The summed E-state index contributed by atoms with van der Waals surface area (Å²) in [6.07, 6.45) is 3.29. The molecule has 0 radical (unpaired) electrons. The molecule has 6 heteroatoms. The van der Waals surface area contributed by atoms with Crippen molar-refractivity contribution in [2.45, 2.75) is 47.5 Å². The summed E-state index contributed by atoms with van der Waals surface area (Å²) in [6, 6.07) is 18.6. The molecule has 1 amide bonds. The number of hydrogen-bond acceptors (Lipinski definition) is 4. The Hall–Kier alpha value is -3.05. The number of amides is 1. The van der Waals surface area contributed by atoms with E-state index in [1.165, 1.54) is 11.1 Å². The number of halogens is 1. The Morgan fingerprint density at radius 3 is 2.26 bits per heavy atom. The molecular formula is C32H41ClN4O. The average Bonchev–Trinajstić information content (AvgIpc) is 2.91. The Labute approximate surface area is 233 Å². The van der Waals surface area contributed by atoms with Crippen LogP contribution in [0.3, 0.4) is 0 Å². The van der Waals surface area contributed by atoms with Gasteiger partial charge in [0.05, 0.1) is 10.7 Å². The third-order valence-corrected chi connectivity index (χ3v) is 8.31. The highest BCUT2D eigenvalue weighted by molar-refractivity contribution is 6.33. The molecule has 0 spiro atoms. The highest BCUT2D eigenvalue weighted by Gasteiger charge is 2.26. The fraction of sp³-hybridized carbons (Fsp3) is 0.438. The summed E-state index contributed by atoms with van der Waals surface area (Å²) in [5.74, 6) is 1.78. The lowest BCUT2D eigenvalue weighted by atomic mass is 9.87. The van der Waals surface area contributed by atoms with E-state index in [4.69, 9.17) is 11.6 Å². The summed E-state index contributed by atoms with van der Waals surface area (Å²) in [7, 11) is 0. The third-order valence-electron chi connectivity index (χ3n) is 7.99. The van der Waals surface area contributed by atoms with Gasteiger partial charge in [0, 0.05) is 50.5 Å². The van der Waals surface area contributed by atoms with Gasteiger partial charge in [-0.2, -0.15) is 0 Å². The topological polar surface area (TPSA) is 39.7 Å². The molecule has 202 valence electrons. The molecule has 0 atom stereocenters. The average molecular weight is 533 g/mol. The smallest absolute Gasteiger partial charge is 0.254 e. The molecule has 0 unspecified atom stereocenters. The van der Waals surface area contributed by atoms with Crippen molar-refractivity contribution >= 4 is 29.0 Å². The Balaban J connectivity index is 0.00000336. The largest absolute Gasteiger partial charge is 0.370 e. The number of aromatic nitrogens is 1.